The number of nitro benzene ring substituents is 1. The number of carbonyl (C=O) groups excluding carboxylic acids is 1. The Morgan fingerprint density at radius 3 is 2.88 bits per heavy atom. The van der Waals surface area contributed by atoms with Gasteiger partial charge in [-0.1, -0.05) is 0 Å². The number of hydrogen-bond donors (Lipinski definition) is 2. The summed E-state index contributed by atoms with van der Waals surface area (Å²) >= 11 is 0. The molecule has 0 fully saturated rings. The molecule has 88 valence electrons. The van der Waals surface area contributed by atoms with Crippen molar-refractivity contribution in [2.75, 3.05) is 0 Å². The minimum Gasteiger partial charge on any atom is -0.443 e. The molecule has 1 aromatic carbocycles. The smallest absolute Gasteiger partial charge is 0.404 e. The third kappa shape index (κ3) is 2.33. The van der Waals surface area contributed by atoms with E-state index in [1.165, 1.54) is 12.1 Å². The predicted octanol–water partition coefficient (Wildman–Crippen LogP) is 1.67. The second kappa shape index (κ2) is 4.12. The molecule has 0 unspecified atom stereocenters. The number of fused-ring (bicyclic) bond motifs is 1. The minimum absolute atomic E-state index is 0.0117. The Balaban J connectivity index is 2.30. The summed E-state index contributed by atoms with van der Waals surface area (Å²) in [6.07, 6.45) is -0.866. The molecule has 2 aromatic rings. The number of amides is 1. The van der Waals surface area contributed by atoms with Crippen LogP contribution in [0.3, 0.4) is 0 Å². The Hall–Kier alpha value is -2.57. The highest BCUT2D eigenvalue weighted by atomic mass is 16.6. The lowest BCUT2D eigenvalue weighted by molar-refractivity contribution is -0.384. The van der Waals surface area contributed by atoms with Crippen molar-refractivity contribution in [3.63, 3.8) is 0 Å². The third-order valence-electron chi connectivity index (χ3n) is 2.24. The van der Waals surface area contributed by atoms with E-state index in [2.05, 4.69) is 9.72 Å². The molecule has 0 aliphatic carbocycles. The van der Waals surface area contributed by atoms with E-state index in [1.807, 2.05) is 0 Å². The van der Waals surface area contributed by atoms with Crippen LogP contribution in [0, 0.1) is 10.1 Å². The summed E-state index contributed by atoms with van der Waals surface area (Å²) in [6.45, 7) is 0.0117. The van der Waals surface area contributed by atoms with Crippen LogP contribution in [0.1, 0.15) is 5.69 Å². The summed E-state index contributed by atoms with van der Waals surface area (Å²) in [7, 11) is 0. The average molecular weight is 235 g/mol. The normalized spacial score (nSPS) is 10.4. The molecular weight excluding hydrogens is 226 g/mol. The van der Waals surface area contributed by atoms with Crippen LogP contribution in [-0.2, 0) is 11.3 Å². The molecule has 7 heteroatoms. The molecule has 17 heavy (non-hydrogen) atoms. The van der Waals surface area contributed by atoms with Gasteiger partial charge in [0.2, 0.25) is 0 Å². The van der Waals surface area contributed by atoms with Gasteiger partial charge < -0.3 is 15.5 Å². The quantitative estimate of drug-likeness (QED) is 0.622. The highest BCUT2D eigenvalue weighted by Gasteiger charge is 2.08. The SMILES string of the molecule is NC(=O)OCc1cc2cc([N+](=O)[O-])ccc2[nH]1. The van der Waals surface area contributed by atoms with Crippen molar-refractivity contribution in [2.24, 2.45) is 5.73 Å². The summed E-state index contributed by atoms with van der Waals surface area (Å²) in [5.41, 5.74) is 6.21. The highest BCUT2D eigenvalue weighted by molar-refractivity contribution is 5.82. The van der Waals surface area contributed by atoms with Gasteiger partial charge in [-0.15, -0.1) is 0 Å². The number of carbonyl (C=O) groups is 1. The van der Waals surface area contributed by atoms with Crippen molar-refractivity contribution in [1.29, 1.82) is 0 Å². The van der Waals surface area contributed by atoms with Crippen molar-refractivity contribution < 1.29 is 14.5 Å². The van der Waals surface area contributed by atoms with Gasteiger partial charge in [-0.05, 0) is 12.1 Å². The fourth-order valence-corrected chi connectivity index (χ4v) is 1.52. The molecule has 0 saturated heterocycles. The number of rotatable bonds is 3. The van der Waals surface area contributed by atoms with Crippen LogP contribution in [0.25, 0.3) is 10.9 Å². The van der Waals surface area contributed by atoms with Crippen LogP contribution < -0.4 is 5.73 Å². The van der Waals surface area contributed by atoms with E-state index in [-0.39, 0.29) is 12.3 Å². The number of non-ortho nitro benzene ring substituents is 1. The van der Waals surface area contributed by atoms with Crippen LogP contribution in [0.2, 0.25) is 0 Å². The Kier molecular flexibility index (Phi) is 2.65. The van der Waals surface area contributed by atoms with E-state index in [0.29, 0.717) is 11.1 Å². The Labute approximate surface area is 95.3 Å². The van der Waals surface area contributed by atoms with Gasteiger partial charge in [0.25, 0.3) is 5.69 Å². The lowest BCUT2D eigenvalue weighted by atomic mass is 10.2. The summed E-state index contributed by atoms with van der Waals surface area (Å²) in [4.78, 5) is 23.5. The molecule has 1 heterocycles. The first-order valence-corrected chi connectivity index (χ1v) is 4.74. The number of aromatic amines is 1. The Morgan fingerprint density at radius 2 is 2.24 bits per heavy atom. The molecule has 7 nitrogen and oxygen atoms in total. The lowest BCUT2D eigenvalue weighted by Gasteiger charge is -1.96. The van der Waals surface area contributed by atoms with Gasteiger partial charge in [-0.25, -0.2) is 4.79 Å². The third-order valence-corrected chi connectivity index (χ3v) is 2.24. The molecule has 1 amide bonds. The number of nitrogens with two attached hydrogens (primary N) is 1. The fourth-order valence-electron chi connectivity index (χ4n) is 1.52. The molecule has 0 radical (unpaired) electrons. The van der Waals surface area contributed by atoms with E-state index >= 15 is 0 Å². The lowest BCUT2D eigenvalue weighted by Crippen LogP contribution is -2.12. The molecule has 0 atom stereocenters. The van der Waals surface area contributed by atoms with E-state index in [1.54, 1.807) is 12.1 Å². The molecule has 3 N–H and O–H groups in total. The maximum Gasteiger partial charge on any atom is 0.404 e. The second-order valence-corrected chi connectivity index (χ2v) is 3.43. The summed E-state index contributed by atoms with van der Waals surface area (Å²) in [6, 6.07) is 6.11. The van der Waals surface area contributed by atoms with Gasteiger partial charge in [0.15, 0.2) is 0 Å². The average Bonchev–Trinajstić information content (AvgIpc) is 2.67. The van der Waals surface area contributed by atoms with Gasteiger partial charge in [0.1, 0.15) is 6.61 Å². The van der Waals surface area contributed by atoms with Crippen molar-refractivity contribution >= 4 is 22.7 Å². The van der Waals surface area contributed by atoms with Crippen LogP contribution in [0.5, 0.6) is 0 Å². The monoisotopic (exact) mass is 235 g/mol. The summed E-state index contributed by atoms with van der Waals surface area (Å²) in [5, 5.41) is 11.3. The van der Waals surface area contributed by atoms with E-state index in [4.69, 9.17) is 5.73 Å². The predicted molar refractivity (Wildman–Crippen MR) is 59.3 cm³/mol. The second-order valence-electron chi connectivity index (χ2n) is 3.43. The van der Waals surface area contributed by atoms with E-state index < -0.39 is 11.0 Å². The fraction of sp³-hybridized carbons (Fsp3) is 0.100. The topological polar surface area (TPSA) is 111 Å². The number of nitrogens with zero attached hydrogens (tertiary/aromatic N) is 1. The van der Waals surface area contributed by atoms with Crippen molar-refractivity contribution in [2.45, 2.75) is 6.61 Å². The Morgan fingerprint density at radius 1 is 1.47 bits per heavy atom. The molecule has 1 aromatic heterocycles. The van der Waals surface area contributed by atoms with Gasteiger partial charge >= 0.3 is 6.09 Å². The van der Waals surface area contributed by atoms with Crippen LogP contribution in [-0.4, -0.2) is 16.0 Å². The van der Waals surface area contributed by atoms with Gasteiger partial charge in [-0.2, -0.15) is 0 Å². The molecule has 2 rings (SSSR count). The van der Waals surface area contributed by atoms with Gasteiger partial charge in [0.05, 0.1) is 10.6 Å². The molecule has 0 aliphatic heterocycles. The number of primary amides is 1. The van der Waals surface area contributed by atoms with Gasteiger partial charge in [-0.3, -0.25) is 10.1 Å². The minimum atomic E-state index is -0.866. The van der Waals surface area contributed by atoms with Crippen LogP contribution >= 0.6 is 0 Å². The number of hydrogen-bond acceptors (Lipinski definition) is 4. The number of aromatic nitrogens is 1. The number of ether oxygens (including phenoxy) is 1. The first-order valence-electron chi connectivity index (χ1n) is 4.74. The molecule has 0 saturated carbocycles. The van der Waals surface area contributed by atoms with Crippen molar-refractivity contribution in [1.82, 2.24) is 4.98 Å². The van der Waals surface area contributed by atoms with Crippen LogP contribution in [0.15, 0.2) is 24.3 Å². The van der Waals surface area contributed by atoms with Gasteiger partial charge in [0, 0.05) is 23.0 Å². The van der Waals surface area contributed by atoms with Crippen molar-refractivity contribution in [3.05, 3.63) is 40.1 Å². The maximum absolute atomic E-state index is 10.6. The largest absolute Gasteiger partial charge is 0.443 e. The zero-order valence-electron chi connectivity index (χ0n) is 8.67. The number of nitrogens with one attached hydrogen (secondary N) is 1. The zero-order chi connectivity index (χ0) is 12.4. The molecule has 0 aliphatic rings. The van der Waals surface area contributed by atoms with Crippen molar-refractivity contribution in [3.8, 4) is 0 Å². The highest BCUT2D eigenvalue weighted by Crippen LogP contribution is 2.21. The zero-order valence-corrected chi connectivity index (χ0v) is 8.67. The first-order chi connectivity index (χ1) is 8.06. The Bertz CT molecular complexity index is 590. The summed E-state index contributed by atoms with van der Waals surface area (Å²) < 4.78 is 4.61. The van der Waals surface area contributed by atoms with E-state index in [0.717, 1.165) is 5.52 Å². The standard InChI is InChI=1S/C10H9N3O4/c11-10(14)17-5-7-3-6-4-8(13(15)16)1-2-9(6)12-7/h1-4,12H,5H2,(H2,11,14). The number of H-pyrrole nitrogens is 1. The van der Waals surface area contributed by atoms with E-state index in [9.17, 15) is 14.9 Å². The molecule has 0 spiro atoms. The number of benzene rings is 1. The molecular formula is C10H9N3O4. The first kappa shape index (κ1) is 10.9. The maximum atomic E-state index is 10.6. The van der Waals surface area contributed by atoms with Crippen LogP contribution in [0.4, 0.5) is 10.5 Å². The summed E-state index contributed by atoms with van der Waals surface area (Å²) in [5.74, 6) is 0. The number of nitro groups is 1. The molecule has 0 bridgehead atoms.